The van der Waals surface area contributed by atoms with Crippen molar-refractivity contribution in [3.05, 3.63) is 188 Å². The molecule has 0 amide bonds. The minimum atomic E-state index is 0.596. The number of furan rings is 1. The summed E-state index contributed by atoms with van der Waals surface area (Å²) < 4.78 is 6.60. The highest BCUT2D eigenvalue weighted by Crippen LogP contribution is 2.42. The van der Waals surface area contributed by atoms with Crippen LogP contribution >= 0.6 is 0 Å². The van der Waals surface area contributed by atoms with E-state index in [9.17, 15) is 0 Å². The van der Waals surface area contributed by atoms with Crippen LogP contribution in [0.25, 0.3) is 111 Å². The summed E-state index contributed by atoms with van der Waals surface area (Å²) in [6.45, 7) is 0. The van der Waals surface area contributed by atoms with Gasteiger partial charge in [-0.2, -0.15) is 0 Å². The van der Waals surface area contributed by atoms with E-state index < -0.39 is 0 Å². The largest absolute Gasteiger partial charge is 0.455 e. The second kappa shape index (κ2) is 12.6. The van der Waals surface area contributed by atoms with Crippen LogP contribution in [0.4, 0.5) is 0 Å². The van der Waals surface area contributed by atoms with Gasteiger partial charge in [0.25, 0.3) is 0 Å². The van der Waals surface area contributed by atoms with Crippen molar-refractivity contribution < 1.29 is 4.42 Å². The average Bonchev–Trinajstić information content (AvgIpc) is 3.66. The Morgan fingerprint density at radius 2 is 0.873 bits per heavy atom. The number of benzene rings is 9. The molecular weight excluding hydrogens is 671 g/mol. The molecule has 4 heteroatoms. The third-order valence-electron chi connectivity index (χ3n) is 10.7. The standard InChI is InChI=1S/C51H31N3O/c1-3-13-32(14-4-1)40-21-11-22-42-47-43(23-12-24-45(47)55-48(40)42)51-53-49(35-16-5-2-6-17-35)52-50(54-51)36-27-25-34(26-28-36)44-31-37-18-8-9-19-38(37)41-30-29-33-15-7-10-20-39(33)46(41)44/h1-31H. The van der Waals surface area contributed by atoms with Crippen LogP contribution in [0.3, 0.4) is 0 Å². The molecule has 2 aromatic heterocycles. The Balaban J connectivity index is 1.09. The highest BCUT2D eigenvalue weighted by atomic mass is 16.3. The number of rotatable bonds is 5. The predicted molar refractivity (Wildman–Crippen MR) is 227 cm³/mol. The average molecular weight is 702 g/mol. The number of hydrogen-bond acceptors (Lipinski definition) is 4. The Morgan fingerprint density at radius 3 is 1.65 bits per heavy atom. The van der Waals surface area contributed by atoms with Crippen molar-refractivity contribution >= 4 is 54.3 Å². The van der Waals surface area contributed by atoms with Crippen LogP contribution in [0.15, 0.2) is 192 Å². The third-order valence-corrected chi connectivity index (χ3v) is 10.7. The van der Waals surface area contributed by atoms with Crippen molar-refractivity contribution in [3.8, 4) is 56.4 Å². The second-order valence-corrected chi connectivity index (χ2v) is 13.9. The molecule has 11 rings (SSSR count). The van der Waals surface area contributed by atoms with Gasteiger partial charge in [0.05, 0.1) is 0 Å². The highest BCUT2D eigenvalue weighted by molar-refractivity contribution is 6.23. The molecule has 0 saturated carbocycles. The van der Waals surface area contributed by atoms with Crippen LogP contribution < -0.4 is 0 Å². The molecule has 55 heavy (non-hydrogen) atoms. The lowest BCUT2D eigenvalue weighted by molar-refractivity contribution is 0.670. The van der Waals surface area contributed by atoms with Gasteiger partial charge in [-0.3, -0.25) is 0 Å². The minimum Gasteiger partial charge on any atom is -0.455 e. The van der Waals surface area contributed by atoms with Crippen LogP contribution in [0.5, 0.6) is 0 Å². The first-order valence-electron chi connectivity index (χ1n) is 18.5. The molecule has 0 aliphatic carbocycles. The Hall–Kier alpha value is -7.43. The van der Waals surface area contributed by atoms with Gasteiger partial charge in [-0.15, -0.1) is 0 Å². The molecule has 0 bridgehead atoms. The number of para-hydroxylation sites is 1. The molecule has 2 heterocycles. The fourth-order valence-electron chi connectivity index (χ4n) is 8.13. The molecule has 0 atom stereocenters. The van der Waals surface area contributed by atoms with E-state index in [1.807, 2.05) is 48.5 Å². The summed E-state index contributed by atoms with van der Waals surface area (Å²) in [7, 11) is 0. The van der Waals surface area contributed by atoms with Crippen LogP contribution in [-0.2, 0) is 0 Å². The first kappa shape index (κ1) is 31.1. The maximum Gasteiger partial charge on any atom is 0.164 e. The van der Waals surface area contributed by atoms with Crippen molar-refractivity contribution in [2.45, 2.75) is 0 Å². The van der Waals surface area contributed by atoms with Gasteiger partial charge in [0.2, 0.25) is 0 Å². The molecule has 0 saturated heterocycles. The minimum absolute atomic E-state index is 0.596. The molecule has 11 aromatic rings. The quantitative estimate of drug-likeness (QED) is 0.168. The molecule has 0 aliphatic rings. The number of fused-ring (bicyclic) bond motifs is 8. The molecule has 0 radical (unpaired) electrons. The van der Waals surface area contributed by atoms with Crippen molar-refractivity contribution in [2.24, 2.45) is 0 Å². The van der Waals surface area contributed by atoms with Gasteiger partial charge >= 0.3 is 0 Å². The van der Waals surface area contributed by atoms with Crippen LogP contribution in [0, 0.1) is 0 Å². The summed E-state index contributed by atoms with van der Waals surface area (Å²) in [5, 5.41) is 9.47. The van der Waals surface area contributed by atoms with E-state index in [1.54, 1.807) is 0 Å². The summed E-state index contributed by atoms with van der Waals surface area (Å²) in [6.07, 6.45) is 0. The Labute approximate surface area is 317 Å². The zero-order valence-corrected chi connectivity index (χ0v) is 29.6. The van der Waals surface area contributed by atoms with Gasteiger partial charge in [0.1, 0.15) is 11.2 Å². The molecular formula is C51H31N3O. The van der Waals surface area contributed by atoms with Crippen LogP contribution in [0.1, 0.15) is 0 Å². The van der Waals surface area contributed by atoms with Gasteiger partial charge in [-0.25, -0.2) is 15.0 Å². The van der Waals surface area contributed by atoms with E-state index in [1.165, 1.54) is 37.9 Å². The summed E-state index contributed by atoms with van der Waals surface area (Å²) in [5.74, 6) is 1.82. The molecule has 0 unspecified atom stereocenters. The first-order chi connectivity index (χ1) is 27.3. The summed E-state index contributed by atoms with van der Waals surface area (Å²) in [5.41, 5.74) is 8.86. The summed E-state index contributed by atoms with van der Waals surface area (Å²) in [6, 6.07) is 65.7. The number of hydrogen-bond donors (Lipinski definition) is 0. The van der Waals surface area contributed by atoms with E-state index >= 15 is 0 Å². The van der Waals surface area contributed by atoms with Gasteiger partial charge in [-0.1, -0.05) is 176 Å². The van der Waals surface area contributed by atoms with Gasteiger partial charge in [-0.05, 0) is 61.1 Å². The Morgan fingerprint density at radius 1 is 0.309 bits per heavy atom. The van der Waals surface area contributed by atoms with Crippen LogP contribution in [0.2, 0.25) is 0 Å². The van der Waals surface area contributed by atoms with E-state index in [-0.39, 0.29) is 0 Å². The van der Waals surface area contributed by atoms with Gasteiger partial charge < -0.3 is 4.42 Å². The fourth-order valence-corrected chi connectivity index (χ4v) is 8.13. The first-order valence-corrected chi connectivity index (χ1v) is 18.5. The molecule has 0 aliphatic heterocycles. The Kier molecular flexibility index (Phi) is 7.14. The highest BCUT2D eigenvalue weighted by Gasteiger charge is 2.20. The van der Waals surface area contributed by atoms with Gasteiger partial charge in [0.15, 0.2) is 17.5 Å². The lowest BCUT2D eigenvalue weighted by Crippen LogP contribution is -2.00. The van der Waals surface area contributed by atoms with Crippen molar-refractivity contribution in [2.75, 3.05) is 0 Å². The summed E-state index contributed by atoms with van der Waals surface area (Å²) >= 11 is 0. The van der Waals surface area contributed by atoms with E-state index in [2.05, 4.69) is 140 Å². The topological polar surface area (TPSA) is 51.8 Å². The SMILES string of the molecule is c1ccc(-c2nc(-c3ccc(-c4cc5ccccc5c5ccc6ccccc6c45)cc3)nc(-c3cccc4oc5c(-c6ccccc6)cccc5c34)n2)cc1. The zero-order chi connectivity index (χ0) is 36.3. The van der Waals surface area contributed by atoms with Crippen molar-refractivity contribution in [3.63, 3.8) is 0 Å². The molecule has 0 N–H and O–H groups in total. The molecule has 256 valence electrons. The van der Waals surface area contributed by atoms with Crippen molar-refractivity contribution in [1.82, 2.24) is 15.0 Å². The maximum atomic E-state index is 6.60. The lowest BCUT2D eigenvalue weighted by Gasteiger charge is -2.14. The van der Waals surface area contributed by atoms with Gasteiger partial charge in [0, 0.05) is 33.0 Å². The predicted octanol–water partition coefficient (Wildman–Crippen LogP) is 13.6. The second-order valence-electron chi connectivity index (χ2n) is 13.9. The summed E-state index contributed by atoms with van der Waals surface area (Å²) in [4.78, 5) is 15.4. The molecule has 0 spiro atoms. The fraction of sp³-hybridized carbons (Fsp3) is 0. The third kappa shape index (κ3) is 5.19. The van der Waals surface area contributed by atoms with E-state index in [0.29, 0.717) is 17.5 Å². The van der Waals surface area contributed by atoms with E-state index in [0.717, 1.165) is 55.3 Å². The lowest BCUT2D eigenvalue weighted by atomic mass is 9.90. The molecule has 9 aromatic carbocycles. The maximum absolute atomic E-state index is 6.60. The molecule has 4 nitrogen and oxygen atoms in total. The van der Waals surface area contributed by atoms with Crippen molar-refractivity contribution in [1.29, 1.82) is 0 Å². The monoisotopic (exact) mass is 701 g/mol. The molecule has 0 fully saturated rings. The smallest absolute Gasteiger partial charge is 0.164 e. The number of aromatic nitrogens is 3. The zero-order valence-electron chi connectivity index (χ0n) is 29.6. The van der Waals surface area contributed by atoms with Crippen LogP contribution in [-0.4, -0.2) is 15.0 Å². The number of nitrogens with zero attached hydrogens (tertiary/aromatic N) is 3. The Bertz CT molecular complexity index is 3240. The normalized spacial score (nSPS) is 11.6. The van der Waals surface area contributed by atoms with E-state index in [4.69, 9.17) is 19.4 Å².